The van der Waals surface area contributed by atoms with Gasteiger partial charge in [0, 0.05) is 0 Å². The zero-order valence-electron chi connectivity index (χ0n) is 12.6. The largest absolute Gasteiger partial charge is 0.508 e. The number of benzene rings is 1. The molecule has 1 unspecified atom stereocenters. The second-order valence-corrected chi connectivity index (χ2v) is 5.79. The summed E-state index contributed by atoms with van der Waals surface area (Å²) in [6, 6.07) is 6.84. The standard InChI is InChI=1S/C16H24O4/c1-5-20-14(18)15(2,3)16(4,19)11-10-12-6-8-13(17)9-7-12/h6-9,17,19H,5,10-11H2,1-4H3. The summed E-state index contributed by atoms with van der Waals surface area (Å²) in [5, 5.41) is 19.8. The van der Waals surface area contributed by atoms with E-state index in [1.54, 1.807) is 39.8 Å². The number of esters is 1. The van der Waals surface area contributed by atoms with Crippen molar-refractivity contribution in [3.05, 3.63) is 29.8 Å². The first kappa shape index (κ1) is 16.5. The van der Waals surface area contributed by atoms with Gasteiger partial charge in [-0.25, -0.2) is 0 Å². The van der Waals surface area contributed by atoms with Crippen molar-refractivity contribution in [1.82, 2.24) is 0 Å². The van der Waals surface area contributed by atoms with Crippen molar-refractivity contribution in [3.8, 4) is 5.75 Å². The Bertz CT molecular complexity index is 446. The molecule has 0 aromatic heterocycles. The van der Waals surface area contributed by atoms with Gasteiger partial charge in [-0.2, -0.15) is 0 Å². The van der Waals surface area contributed by atoms with E-state index in [2.05, 4.69) is 0 Å². The van der Waals surface area contributed by atoms with Gasteiger partial charge in [0.2, 0.25) is 0 Å². The quantitative estimate of drug-likeness (QED) is 0.786. The number of phenolic OH excluding ortho intramolecular Hbond substituents is 1. The number of aliphatic hydroxyl groups is 1. The van der Waals surface area contributed by atoms with E-state index in [0.717, 1.165) is 5.56 Å². The first-order valence-electron chi connectivity index (χ1n) is 6.88. The summed E-state index contributed by atoms with van der Waals surface area (Å²) < 4.78 is 5.03. The van der Waals surface area contributed by atoms with E-state index < -0.39 is 17.0 Å². The lowest BCUT2D eigenvalue weighted by Crippen LogP contribution is -2.48. The molecule has 0 aliphatic rings. The number of phenols is 1. The Balaban J connectivity index is 2.73. The van der Waals surface area contributed by atoms with Crippen LogP contribution in [0.3, 0.4) is 0 Å². The maximum absolute atomic E-state index is 12.0. The molecular formula is C16H24O4. The van der Waals surface area contributed by atoms with Crippen LogP contribution < -0.4 is 0 Å². The molecule has 0 saturated heterocycles. The summed E-state index contributed by atoms with van der Waals surface area (Å²) in [4.78, 5) is 12.0. The molecule has 4 nitrogen and oxygen atoms in total. The molecule has 112 valence electrons. The minimum Gasteiger partial charge on any atom is -0.508 e. The van der Waals surface area contributed by atoms with Crippen LogP contribution in [-0.2, 0) is 16.0 Å². The maximum Gasteiger partial charge on any atom is 0.314 e. The van der Waals surface area contributed by atoms with Gasteiger partial charge in [-0.15, -0.1) is 0 Å². The Labute approximate surface area is 120 Å². The molecule has 1 atom stereocenters. The lowest BCUT2D eigenvalue weighted by atomic mass is 9.73. The summed E-state index contributed by atoms with van der Waals surface area (Å²) in [6.07, 6.45) is 1.06. The van der Waals surface area contributed by atoms with Gasteiger partial charge in [0.25, 0.3) is 0 Å². The fourth-order valence-corrected chi connectivity index (χ4v) is 1.89. The Morgan fingerprint density at radius 2 is 1.75 bits per heavy atom. The van der Waals surface area contributed by atoms with Gasteiger partial charge in [-0.3, -0.25) is 4.79 Å². The lowest BCUT2D eigenvalue weighted by molar-refractivity contribution is -0.169. The molecule has 0 amide bonds. The van der Waals surface area contributed by atoms with E-state index in [1.807, 2.05) is 12.1 Å². The first-order chi connectivity index (χ1) is 9.20. The van der Waals surface area contributed by atoms with Crippen LogP contribution in [0.4, 0.5) is 0 Å². The molecule has 0 fully saturated rings. The highest BCUT2D eigenvalue weighted by Gasteiger charge is 2.46. The third-order valence-electron chi connectivity index (χ3n) is 3.97. The predicted octanol–water partition coefficient (Wildman–Crippen LogP) is 2.67. The fraction of sp³-hybridized carbons (Fsp3) is 0.562. The molecule has 0 aliphatic heterocycles. The molecular weight excluding hydrogens is 256 g/mol. The minimum atomic E-state index is -1.17. The highest BCUT2D eigenvalue weighted by atomic mass is 16.5. The molecule has 0 heterocycles. The van der Waals surface area contributed by atoms with Crippen molar-refractivity contribution >= 4 is 5.97 Å². The number of aromatic hydroxyl groups is 1. The van der Waals surface area contributed by atoms with Crippen molar-refractivity contribution in [2.24, 2.45) is 5.41 Å². The van der Waals surface area contributed by atoms with Gasteiger partial charge in [0.05, 0.1) is 17.6 Å². The van der Waals surface area contributed by atoms with Crippen molar-refractivity contribution in [2.75, 3.05) is 6.61 Å². The Hall–Kier alpha value is -1.55. The number of rotatable bonds is 6. The van der Waals surface area contributed by atoms with E-state index in [0.29, 0.717) is 19.4 Å². The van der Waals surface area contributed by atoms with Crippen LogP contribution in [0, 0.1) is 5.41 Å². The third kappa shape index (κ3) is 3.73. The predicted molar refractivity (Wildman–Crippen MR) is 77.5 cm³/mol. The highest BCUT2D eigenvalue weighted by Crippen LogP contribution is 2.35. The van der Waals surface area contributed by atoms with Gasteiger partial charge < -0.3 is 14.9 Å². The van der Waals surface area contributed by atoms with Crippen molar-refractivity contribution in [1.29, 1.82) is 0 Å². The number of ether oxygens (including phenoxy) is 1. The number of hydrogen-bond donors (Lipinski definition) is 2. The average molecular weight is 280 g/mol. The number of carbonyl (C=O) groups is 1. The van der Waals surface area contributed by atoms with Crippen LogP contribution in [0.1, 0.15) is 39.7 Å². The number of hydrogen-bond acceptors (Lipinski definition) is 4. The van der Waals surface area contributed by atoms with E-state index in [1.165, 1.54) is 0 Å². The molecule has 2 N–H and O–H groups in total. The Morgan fingerprint density at radius 1 is 1.20 bits per heavy atom. The Morgan fingerprint density at radius 3 is 2.25 bits per heavy atom. The van der Waals surface area contributed by atoms with Crippen LogP contribution in [0.25, 0.3) is 0 Å². The van der Waals surface area contributed by atoms with Crippen LogP contribution >= 0.6 is 0 Å². The second-order valence-electron chi connectivity index (χ2n) is 5.79. The third-order valence-corrected chi connectivity index (χ3v) is 3.97. The maximum atomic E-state index is 12.0. The van der Waals surface area contributed by atoms with Gasteiger partial charge in [-0.05, 0) is 58.2 Å². The van der Waals surface area contributed by atoms with Gasteiger partial charge in [0.1, 0.15) is 5.75 Å². The lowest BCUT2D eigenvalue weighted by Gasteiger charge is -2.38. The molecule has 0 radical (unpaired) electrons. The van der Waals surface area contributed by atoms with Crippen LogP contribution in [0.15, 0.2) is 24.3 Å². The molecule has 0 saturated carbocycles. The highest BCUT2D eigenvalue weighted by molar-refractivity contribution is 5.77. The fourth-order valence-electron chi connectivity index (χ4n) is 1.89. The van der Waals surface area contributed by atoms with E-state index in [-0.39, 0.29) is 5.75 Å². The smallest absolute Gasteiger partial charge is 0.314 e. The summed E-state index contributed by atoms with van der Waals surface area (Å²) >= 11 is 0. The van der Waals surface area contributed by atoms with Gasteiger partial charge in [-0.1, -0.05) is 12.1 Å². The monoisotopic (exact) mass is 280 g/mol. The molecule has 4 heteroatoms. The van der Waals surface area contributed by atoms with E-state index >= 15 is 0 Å². The topological polar surface area (TPSA) is 66.8 Å². The van der Waals surface area contributed by atoms with Gasteiger partial charge >= 0.3 is 5.97 Å². The molecule has 1 rings (SSSR count). The summed E-state index contributed by atoms with van der Waals surface area (Å²) in [5.74, 6) is -0.178. The molecule has 20 heavy (non-hydrogen) atoms. The van der Waals surface area contributed by atoms with Crippen LogP contribution in [0.5, 0.6) is 5.75 Å². The van der Waals surface area contributed by atoms with Crippen LogP contribution in [-0.4, -0.2) is 28.4 Å². The average Bonchev–Trinajstić information content (AvgIpc) is 2.38. The second kappa shape index (κ2) is 6.27. The first-order valence-corrected chi connectivity index (χ1v) is 6.88. The summed E-state index contributed by atoms with van der Waals surface area (Å²) in [7, 11) is 0. The SMILES string of the molecule is CCOC(=O)C(C)(C)C(C)(O)CCc1ccc(O)cc1. The molecule has 0 spiro atoms. The molecule has 1 aromatic carbocycles. The zero-order valence-corrected chi connectivity index (χ0v) is 12.6. The van der Waals surface area contributed by atoms with E-state index in [4.69, 9.17) is 4.74 Å². The Kier molecular flexibility index (Phi) is 5.17. The summed E-state index contributed by atoms with van der Waals surface area (Å²) in [5.41, 5.74) is -1.14. The van der Waals surface area contributed by atoms with Gasteiger partial charge in [0.15, 0.2) is 0 Å². The van der Waals surface area contributed by atoms with Crippen molar-refractivity contribution < 1.29 is 19.7 Å². The minimum absolute atomic E-state index is 0.215. The molecule has 0 bridgehead atoms. The molecule has 1 aromatic rings. The number of carbonyl (C=O) groups excluding carboxylic acids is 1. The normalized spacial score (nSPS) is 14.7. The van der Waals surface area contributed by atoms with Crippen LogP contribution in [0.2, 0.25) is 0 Å². The van der Waals surface area contributed by atoms with Crippen molar-refractivity contribution in [3.63, 3.8) is 0 Å². The van der Waals surface area contributed by atoms with Crippen molar-refractivity contribution in [2.45, 2.75) is 46.1 Å². The number of aryl methyl sites for hydroxylation is 1. The van der Waals surface area contributed by atoms with E-state index in [9.17, 15) is 15.0 Å². The zero-order chi connectivity index (χ0) is 15.4. The summed E-state index contributed by atoms with van der Waals surface area (Å²) in [6.45, 7) is 7.10. The molecule has 0 aliphatic carbocycles.